The standard InChI is InChI=1S/C20H20N4O3S3/c1-13-11-24(19(25)14-7-8-17-18(9-14)28-12-21-17)20(29-13)22-15-5-4-6-16(10-15)30(26,27)23(2)3/h4-10,12-13H,11H2,1-3H3. The van der Waals surface area contributed by atoms with Gasteiger partial charge in [0.15, 0.2) is 5.17 Å². The molecule has 7 nitrogen and oxygen atoms in total. The van der Waals surface area contributed by atoms with Crippen LogP contribution in [0.3, 0.4) is 0 Å². The third-order valence-corrected chi connectivity index (χ3v) is 8.30. The van der Waals surface area contributed by atoms with Crippen molar-refractivity contribution in [3.05, 3.63) is 53.5 Å². The second kappa shape index (κ2) is 8.10. The lowest BCUT2D eigenvalue weighted by Crippen LogP contribution is -2.32. The fraction of sp³-hybridized carbons (Fsp3) is 0.250. The summed E-state index contributed by atoms with van der Waals surface area (Å²) in [5.41, 5.74) is 3.70. The lowest BCUT2D eigenvalue weighted by Gasteiger charge is -2.16. The van der Waals surface area contributed by atoms with Gasteiger partial charge in [0, 0.05) is 31.5 Å². The van der Waals surface area contributed by atoms with E-state index in [1.165, 1.54) is 49.3 Å². The highest BCUT2D eigenvalue weighted by Gasteiger charge is 2.31. The molecule has 10 heteroatoms. The van der Waals surface area contributed by atoms with E-state index >= 15 is 0 Å². The number of benzene rings is 2. The SMILES string of the molecule is CC1CN(C(=O)c2ccc3ncsc3c2)C(=Nc2cccc(S(=O)(=O)N(C)C)c2)S1. The van der Waals surface area contributed by atoms with Gasteiger partial charge in [-0.15, -0.1) is 11.3 Å². The summed E-state index contributed by atoms with van der Waals surface area (Å²) in [6.07, 6.45) is 0. The number of aromatic nitrogens is 1. The maximum absolute atomic E-state index is 13.2. The molecule has 2 heterocycles. The van der Waals surface area contributed by atoms with Crippen LogP contribution in [0.25, 0.3) is 10.2 Å². The van der Waals surface area contributed by atoms with Crippen LogP contribution in [0.5, 0.6) is 0 Å². The third-order valence-electron chi connectivity index (χ3n) is 4.62. The smallest absolute Gasteiger partial charge is 0.259 e. The molecule has 1 aliphatic heterocycles. The molecule has 2 aromatic carbocycles. The third kappa shape index (κ3) is 4.00. The highest BCUT2D eigenvalue weighted by molar-refractivity contribution is 8.14. The van der Waals surface area contributed by atoms with Crippen molar-refractivity contribution in [1.82, 2.24) is 14.2 Å². The normalized spacial score (nSPS) is 18.6. The van der Waals surface area contributed by atoms with Crippen LogP contribution in [0.4, 0.5) is 5.69 Å². The predicted molar refractivity (Wildman–Crippen MR) is 122 cm³/mol. The number of fused-ring (bicyclic) bond motifs is 1. The number of amides is 1. The minimum absolute atomic E-state index is 0.127. The van der Waals surface area contributed by atoms with Crippen molar-refractivity contribution < 1.29 is 13.2 Å². The molecule has 0 saturated carbocycles. The molecule has 3 aromatic rings. The van der Waals surface area contributed by atoms with Crippen LogP contribution in [-0.2, 0) is 10.0 Å². The van der Waals surface area contributed by atoms with Crippen LogP contribution < -0.4 is 0 Å². The monoisotopic (exact) mass is 460 g/mol. The fourth-order valence-corrected chi connectivity index (χ4v) is 5.74. The zero-order chi connectivity index (χ0) is 21.5. The van der Waals surface area contributed by atoms with Crippen molar-refractivity contribution >= 4 is 60.1 Å². The summed E-state index contributed by atoms with van der Waals surface area (Å²) >= 11 is 3.00. The van der Waals surface area contributed by atoms with Gasteiger partial charge < -0.3 is 0 Å². The number of thioether (sulfide) groups is 1. The lowest BCUT2D eigenvalue weighted by atomic mass is 10.2. The molecule has 1 aromatic heterocycles. The molecular weight excluding hydrogens is 440 g/mol. The van der Waals surface area contributed by atoms with E-state index in [0.29, 0.717) is 23.0 Å². The summed E-state index contributed by atoms with van der Waals surface area (Å²) in [5, 5.41) is 0.754. The van der Waals surface area contributed by atoms with Crippen LogP contribution in [0.1, 0.15) is 17.3 Å². The van der Waals surface area contributed by atoms with E-state index in [-0.39, 0.29) is 16.1 Å². The van der Waals surface area contributed by atoms with Gasteiger partial charge in [-0.3, -0.25) is 9.69 Å². The van der Waals surface area contributed by atoms with Gasteiger partial charge >= 0.3 is 0 Å². The summed E-state index contributed by atoms with van der Waals surface area (Å²) in [5.74, 6) is -0.127. The summed E-state index contributed by atoms with van der Waals surface area (Å²) in [4.78, 5) is 23.9. The van der Waals surface area contributed by atoms with Crippen LogP contribution in [0.15, 0.2) is 57.9 Å². The molecule has 4 rings (SSSR count). The topological polar surface area (TPSA) is 82.9 Å². The first kappa shape index (κ1) is 21.0. The fourth-order valence-electron chi connectivity index (χ4n) is 3.05. The molecule has 30 heavy (non-hydrogen) atoms. The van der Waals surface area contributed by atoms with E-state index in [9.17, 15) is 13.2 Å². The Kier molecular flexibility index (Phi) is 5.67. The van der Waals surface area contributed by atoms with Gasteiger partial charge in [-0.05, 0) is 36.4 Å². The average molecular weight is 461 g/mol. The molecule has 0 bridgehead atoms. The number of sulfonamides is 1. The van der Waals surface area contributed by atoms with Crippen molar-refractivity contribution in [2.75, 3.05) is 20.6 Å². The predicted octanol–water partition coefficient (Wildman–Crippen LogP) is 3.81. The van der Waals surface area contributed by atoms with E-state index in [2.05, 4.69) is 9.98 Å². The summed E-state index contributed by atoms with van der Waals surface area (Å²) in [6.45, 7) is 2.57. The van der Waals surface area contributed by atoms with Gasteiger partial charge in [0.2, 0.25) is 10.0 Å². The molecule has 0 spiro atoms. The van der Waals surface area contributed by atoms with Gasteiger partial charge in [-0.2, -0.15) is 0 Å². The molecule has 1 atom stereocenters. The van der Waals surface area contributed by atoms with Gasteiger partial charge in [-0.1, -0.05) is 24.8 Å². The van der Waals surface area contributed by atoms with E-state index in [0.717, 1.165) is 14.5 Å². The molecule has 156 valence electrons. The Hall–Kier alpha value is -2.27. The van der Waals surface area contributed by atoms with Gasteiger partial charge in [0.05, 0.1) is 26.3 Å². The number of hydrogen-bond acceptors (Lipinski definition) is 7. The quantitative estimate of drug-likeness (QED) is 0.591. The first-order chi connectivity index (χ1) is 14.3. The minimum Gasteiger partial charge on any atom is -0.286 e. The Morgan fingerprint density at radius 2 is 2.03 bits per heavy atom. The largest absolute Gasteiger partial charge is 0.286 e. The molecule has 1 saturated heterocycles. The number of carbonyl (C=O) groups excluding carboxylic acids is 1. The first-order valence-electron chi connectivity index (χ1n) is 9.19. The van der Waals surface area contributed by atoms with Crippen molar-refractivity contribution in [2.45, 2.75) is 17.1 Å². The average Bonchev–Trinajstić information content (AvgIpc) is 3.33. The summed E-state index contributed by atoms with van der Waals surface area (Å²) < 4.78 is 27.0. The van der Waals surface area contributed by atoms with Crippen LogP contribution >= 0.6 is 23.1 Å². The lowest BCUT2D eigenvalue weighted by molar-refractivity contribution is 0.0855. The van der Waals surface area contributed by atoms with Gasteiger partial charge in [0.1, 0.15) is 0 Å². The second-order valence-corrected chi connectivity index (χ2v) is 11.5. The maximum Gasteiger partial charge on any atom is 0.259 e. The van der Waals surface area contributed by atoms with E-state index < -0.39 is 10.0 Å². The van der Waals surface area contributed by atoms with Gasteiger partial charge in [-0.25, -0.2) is 22.7 Å². The number of aliphatic imine (C=N–C) groups is 1. The molecule has 1 amide bonds. The number of hydrogen-bond donors (Lipinski definition) is 0. The van der Waals surface area contributed by atoms with E-state index in [4.69, 9.17) is 0 Å². The second-order valence-electron chi connectivity index (χ2n) is 7.06. The Morgan fingerprint density at radius 3 is 2.80 bits per heavy atom. The molecule has 1 unspecified atom stereocenters. The Bertz CT molecular complexity index is 1250. The molecular formula is C20H20N4O3S3. The molecule has 0 N–H and O–H groups in total. The zero-order valence-electron chi connectivity index (χ0n) is 16.6. The molecule has 1 aliphatic rings. The minimum atomic E-state index is -3.56. The zero-order valence-corrected chi connectivity index (χ0v) is 19.1. The number of amidine groups is 1. The summed E-state index contributed by atoms with van der Waals surface area (Å²) in [7, 11) is -0.582. The number of rotatable bonds is 4. The van der Waals surface area contributed by atoms with Crippen molar-refractivity contribution in [3.8, 4) is 0 Å². The van der Waals surface area contributed by atoms with Crippen LogP contribution in [0.2, 0.25) is 0 Å². The van der Waals surface area contributed by atoms with Crippen molar-refractivity contribution in [3.63, 3.8) is 0 Å². The Balaban J connectivity index is 1.67. The van der Waals surface area contributed by atoms with Crippen molar-refractivity contribution in [1.29, 1.82) is 0 Å². The number of thiazole rings is 1. The molecule has 0 radical (unpaired) electrons. The number of carbonyl (C=O) groups is 1. The van der Waals surface area contributed by atoms with E-state index in [1.54, 1.807) is 28.6 Å². The maximum atomic E-state index is 13.2. The van der Waals surface area contributed by atoms with Crippen LogP contribution in [0, 0.1) is 0 Å². The summed E-state index contributed by atoms with van der Waals surface area (Å²) in [6, 6.07) is 11.9. The Morgan fingerprint density at radius 1 is 1.23 bits per heavy atom. The van der Waals surface area contributed by atoms with Crippen LogP contribution in [-0.4, -0.2) is 59.6 Å². The molecule has 0 aliphatic carbocycles. The molecule has 1 fully saturated rings. The van der Waals surface area contributed by atoms with Crippen molar-refractivity contribution in [2.24, 2.45) is 4.99 Å². The highest BCUT2D eigenvalue weighted by atomic mass is 32.2. The Labute approximate surface area is 183 Å². The highest BCUT2D eigenvalue weighted by Crippen LogP contribution is 2.31. The van der Waals surface area contributed by atoms with Gasteiger partial charge in [0.25, 0.3) is 5.91 Å². The number of nitrogens with zero attached hydrogens (tertiary/aromatic N) is 4. The first-order valence-corrected chi connectivity index (χ1v) is 12.4. The van der Waals surface area contributed by atoms with E-state index in [1.807, 2.05) is 19.1 Å².